The van der Waals surface area contributed by atoms with E-state index in [1.807, 2.05) is 6.92 Å². The molecule has 2 N–H and O–H groups in total. The van der Waals surface area contributed by atoms with Crippen LogP contribution >= 0.6 is 15.9 Å². The molecule has 0 unspecified atom stereocenters. The van der Waals surface area contributed by atoms with E-state index in [1.165, 1.54) is 15.6 Å². The fraction of sp³-hybridized carbons (Fsp3) is 0.267. The second-order valence-electron chi connectivity index (χ2n) is 5.71. The average Bonchev–Trinajstić information content (AvgIpc) is 3.20. The Kier molecular flexibility index (Phi) is 4.64. The number of carbonyl (C=O) groups is 2. The van der Waals surface area contributed by atoms with Crippen molar-refractivity contribution in [1.82, 2.24) is 29.3 Å². The molecule has 0 saturated heterocycles. The van der Waals surface area contributed by atoms with E-state index in [-0.39, 0.29) is 17.1 Å². The molecular weight excluding hydrogens is 404 g/mol. The highest BCUT2D eigenvalue weighted by molar-refractivity contribution is 9.10. The maximum atomic E-state index is 12.7. The number of hydrogen-bond acceptors (Lipinski definition) is 5. The molecule has 26 heavy (non-hydrogen) atoms. The van der Waals surface area contributed by atoms with E-state index >= 15 is 0 Å². The molecule has 0 aliphatic rings. The first kappa shape index (κ1) is 17.9. The Hall–Kier alpha value is -2.95. The zero-order valence-corrected chi connectivity index (χ0v) is 16.2. The van der Waals surface area contributed by atoms with E-state index in [4.69, 9.17) is 0 Å². The third kappa shape index (κ3) is 3.25. The van der Waals surface area contributed by atoms with E-state index in [0.29, 0.717) is 10.2 Å². The number of carbonyl (C=O) groups excluding carboxylic acids is 2. The van der Waals surface area contributed by atoms with Gasteiger partial charge >= 0.3 is 0 Å². The first-order chi connectivity index (χ1) is 12.3. The summed E-state index contributed by atoms with van der Waals surface area (Å²) in [5, 5.41) is 17.7. The van der Waals surface area contributed by atoms with E-state index in [2.05, 4.69) is 41.9 Å². The highest BCUT2D eigenvalue weighted by atomic mass is 79.9. The second kappa shape index (κ2) is 6.75. The van der Waals surface area contributed by atoms with Gasteiger partial charge in [-0.1, -0.05) is 0 Å². The molecule has 10 nitrogen and oxygen atoms in total. The molecule has 3 heterocycles. The normalized spacial score (nSPS) is 10.8. The molecule has 2 amide bonds. The highest BCUT2D eigenvalue weighted by Gasteiger charge is 2.22. The van der Waals surface area contributed by atoms with Crippen molar-refractivity contribution in [2.75, 3.05) is 10.6 Å². The van der Waals surface area contributed by atoms with Crippen molar-refractivity contribution in [1.29, 1.82) is 0 Å². The van der Waals surface area contributed by atoms with Crippen molar-refractivity contribution in [2.45, 2.75) is 6.92 Å². The molecule has 3 aromatic heterocycles. The number of aromatic nitrogens is 6. The summed E-state index contributed by atoms with van der Waals surface area (Å²) in [5.41, 5.74) is 2.11. The Balaban J connectivity index is 1.84. The van der Waals surface area contributed by atoms with Crippen molar-refractivity contribution in [3.8, 4) is 0 Å². The minimum atomic E-state index is -0.447. The van der Waals surface area contributed by atoms with Gasteiger partial charge in [0.2, 0.25) is 0 Å². The Morgan fingerprint density at radius 3 is 2.19 bits per heavy atom. The van der Waals surface area contributed by atoms with Gasteiger partial charge in [0, 0.05) is 27.3 Å². The smallest absolute Gasteiger partial charge is 0.277 e. The fourth-order valence-electron chi connectivity index (χ4n) is 2.40. The van der Waals surface area contributed by atoms with Crippen molar-refractivity contribution < 1.29 is 9.59 Å². The summed E-state index contributed by atoms with van der Waals surface area (Å²) in [6.07, 6.45) is 4.64. The minimum Gasteiger partial charge on any atom is -0.318 e. The van der Waals surface area contributed by atoms with Gasteiger partial charge in [0.1, 0.15) is 5.69 Å². The third-order valence-corrected chi connectivity index (χ3v) is 4.47. The Morgan fingerprint density at radius 2 is 1.62 bits per heavy atom. The topological polar surface area (TPSA) is 112 Å². The second-order valence-corrected chi connectivity index (χ2v) is 6.56. The summed E-state index contributed by atoms with van der Waals surface area (Å²) in [7, 11) is 5.11. The monoisotopic (exact) mass is 420 g/mol. The van der Waals surface area contributed by atoms with Gasteiger partial charge in [-0.3, -0.25) is 23.6 Å². The molecular formula is C15H17BrN8O2. The van der Waals surface area contributed by atoms with Gasteiger partial charge < -0.3 is 10.6 Å². The van der Waals surface area contributed by atoms with Crippen molar-refractivity contribution >= 4 is 39.1 Å². The molecule has 3 rings (SSSR count). The molecule has 0 fully saturated rings. The predicted molar refractivity (Wildman–Crippen MR) is 98.0 cm³/mol. The van der Waals surface area contributed by atoms with Crippen LogP contribution in [-0.4, -0.2) is 41.2 Å². The number of anilines is 2. The van der Waals surface area contributed by atoms with Crippen LogP contribution in [-0.2, 0) is 21.1 Å². The lowest BCUT2D eigenvalue weighted by atomic mass is 10.3. The van der Waals surface area contributed by atoms with Crippen LogP contribution in [0.5, 0.6) is 0 Å². The quantitative estimate of drug-likeness (QED) is 0.663. The number of hydrogen-bond donors (Lipinski definition) is 2. The molecule has 0 atom stereocenters. The number of amides is 2. The summed E-state index contributed by atoms with van der Waals surface area (Å²) >= 11 is 3.28. The first-order valence-electron chi connectivity index (χ1n) is 7.60. The van der Waals surface area contributed by atoms with Gasteiger partial charge in [-0.2, -0.15) is 15.3 Å². The summed E-state index contributed by atoms with van der Waals surface area (Å²) in [4.78, 5) is 25.1. The molecule has 0 aliphatic carbocycles. The predicted octanol–water partition coefficient (Wildman–Crippen LogP) is 1.46. The van der Waals surface area contributed by atoms with Gasteiger partial charge in [-0.05, 0) is 22.9 Å². The van der Waals surface area contributed by atoms with Gasteiger partial charge in [0.25, 0.3) is 11.8 Å². The molecule has 0 saturated carbocycles. The van der Waals surface area contributed by atoms with Crippen LogP contribution in [0.3, 0.4) is 0 Å². The largest absolute Gasteiger partial charge is 0.318 e. The lowest BCUT2D eigenvalue weighted by Crippen LogP contribution is -2.21. The van der Waals surface area contributed by atoms with Crippen LogP contribution in [0.1, 0.15) is 26.7 Å². The van der Waals surface area contributed by atoms with E-state index in [9.17, 15) is 9.59 Å². The zero-order chi connectivity index (χ0) is 19.0. The molecule has 0 aromatic carbocycles. The Bertz CT molecular complexity index is 1000. The van der Waals surface area contributed by atoms with Crippen LogP contribution in [0.25, 0.3) is 0 Å². The number of aryl methyl sites for hydroxylation is 3. The van der Waals surface area contributed by atoms with E-state index in [0.717, 1.165) is 5.69 Å². The van der Waals surface area contributed by atoms with Gasteiger partial charge in [-0.15, -0.1) is 0 Å². The lowest BCUT2D eigenvalue weighted by molar-refractivity contribution is 0.101. The molecule has 0 aliphatic heterocycles. The number of nitrogens with zero attached hydrogens (tertiary/aromatic N) is 6. The first-order valence-corrected chi connectivity index (χ1v) is 8.39. The highest BCUT2D eigenvalue weighted by Crippen LogP contribution is 2.21. The molecule has 0 spiro atoms. The summed E-state index contributed by atoms with van der Waals surface area (Å²) in [5.74, 6) is -0.853. The van der Waals surface area contributed by atoms with E-state index in [1.54, 1.807) is 38.2 Å². The van der Waals surface area contributed by atoms with Crippen LogP contribution in [0.4, 0.5) is 11.4 Å². The number of nitrogens with one attached hydrogen (secondary N) is 2. The standard InChI is InChI=1S/C15H17BrN8O2/c1-8-10(5-17-23(8)3)19-15(26)13-11(6-18-24(13)4)20-14(25)12-9(16)7-22(2)21-12/h5-7H,1-4H3,(H,19,26)(H,20,25). The van der Waals surface area contributed by atoms with Crippen LogP contribution < -0.4 is 10.6 Å². The van der Waals surface area contributed by atoms with Crippen LogP contribution in [0, 0.1) is 6.92 Å². The fourth-order valence-corrected chi connectivity index (χ4v) is 2.95. The maximum Gasteiger partial charge on any atom is 0.277 e. The molecule has 11 heteroatoms. The Morgan fingerprint density at radius 1 is 1.00 bits per heavy atom. The summed E-state index contributed by atoms with van der Waals surface area (Å²) < 4.78 is 5.11. The van der Waals surface area contributed by atoms with Crippen molar-refractivity contribution in [2.24, 2.45) is 21.1 Å². The SMILES string of the molecule is Cc1c(NC(=O)c2c(NC(=O)c3nn(C)cc3Br)cnn2C)cnn1C. The van der Waals surface area contributed by atoms with Gasteiger partial charge in [0.05, 0.1) is 33.9 Å². The summed E-state index contributed by atoms with van der Waals surface area (Å²) in [6, 6.07) is 0. The minimum absolute atomic E-state index is 0.214. The molecule has 0 bridgehead atoms. The zero-order valence-electron chi connectivity index (χ0n) is 14.6. The summed E-state index contributed by atoms with van der Waals surface area (Å²) in [6.45, 7) is 1.84. The maximum absolute atomic E-state index is 12.7. The Labute approximate surface area is 157 Å². The molecule has 136 valence electrons. The van der Waals surface area contributed by atoms with Crippen LogP contribution in [0.2, 0.25) is 0 Å². The molecule has 3 aromatic rings. The lowest BCUT2D eigenvalue weighted by Gasteiger charge is -2.08. The van der Waals surface area contributed by atoms with Gasteiger partial charge in [-0.25, -0.2) is 0 Å². The van der Waals surface area contributed by atoms with E-state index < -0.39 is 11.8 Å². The third-order valence-electron chi connectivity index (χ3n) is 3.88. The number of halogens is 1. The van der Waals surface area contributed by atoms with Crippen molar-refractivity contribution in [3.63, 3.8) is 0 Å². The molecule has 0 radical (unpaired) electrons. The van der Waals surface area contributed by atoms with Crippen molar-refractivity contribution in [3.05, 3.63) is 40.1 Å². The van der Waals surface area contributed by atoms with Gasteiger partial charge in [0.15, 0.2) is 5.69 Å². The van der Waals surface area contributed by atoms with Crippen LogP contribution in [0.15, 0.2) is 23.1 Å². The number of rotatable bonds is 4. The average molecular weight is 421 g/mol.